The SMILES string of the molecule is CCC(C)C(NC(=O)CCCC(=O)O)C(=O)OC. The third kappa shape index (κ3) is 6.22. The number of carboxylic acid groups (broad SMARTS) is 1. The van der Waals surface area contributed by atoms with Gasteiger partial charge in [0.15, 0.2) is 0 Å². The molecule has 0 aliphatic carbocycles. The van der Waals surface area contributed by atoms with E-state index < -0.39 is 18.0 Å². The molecule has 0 radical (unpaired) electrons. The molecule has 0 aromatic carbocycles. The van der Waals surface area contributed by atoms with E-state index >= 15 is 0 Å². The quantitative estimate of drug-likeness (QED) is 0.633. The first kappa shape index (κ1) is 16.4. The Bertz CT molecular complexity index is 303. The highest BCUT2D eigenvalue weighted by Crippen LogP contribution is 2.09. The van der Waals surface area contributed by atoms with Gasteiger partial charge in [-0.05, 0) is 12.3 Å². The minimum absolute atomic E-state index is 0.0270. The Morgan fingerprint density at radius 3 is 2.33 bits per heavy atom. The highest BCUT2D eigenvalue weighted by molar-refractivity contribution is 5.84. The van der Waals surface area contributed by atoms with Crippen LogP contribution in [0.3, 0.4) is 0 Å². The van der Waals surface area contributed by atoms with Crippen molar-refractivity contribution in [2.45, 2.75) is 45.6 Å². The standard InChI is InChI=1S/C12H21NO5/c1-4-8(2)11(12(17)18-3)13-9(14)6-5-7-10(15)16/h8,11H,4-7H2,1-3H3,(H,13,14)(H,15,16). The Kier molecular flexibility index (Phi) is 7.74. The molecule has 0 heterocycles. The molecular formula is C12H21NO5. The predicted molar refractivity (Wildman–Crippen MR) is 64.9 cm³/mol. The molecule has 0 fully saturated rings. The van der Waals surface area contributed by atoms with Gasteiger partial charge in [-0.2, -0.15) is 0 Å². The van der Waals surface area contributed by atoms with Crippen molar-refractivity contribution in [3.63, 3.8) is 0 Å². The molecule has 0 bridgehead atoms. The number of nitrogens with one attached hydrogen (secondary N) is 1. The fraction of sp³-hybridized carbons (Fsp3) is 0.750. The number of methoxy groups -OCH3 is 1. The van der Waals surface area contributed by atoms with E-state index in [2.05, 4.69) is 10.1 Å². The molecule has 0 aliphatic heterocycles. The number of ether oxygens (including phenoxy) is 1. The van der Waals surface area contributed by atoms with Gasteiger partial charge in [0.1, 0.15) is 6.04 Å². The lowest BCUT2D eigenvalue weighted by Gasteiger charge is -2.21. The summed E-state index contributed by atoms with van der Waals surface area (Å²) in [4.78, 5) is 33.4. The van der Waals surface area contributed by atoms with Crippen molar-refractivity contribution in [1.82, 2.24) is 5.32 Å². The first-order valence-corrected chi connectivity index (χ1v) is 6.01. The minimum atomic E-state index is -0.936. The Hall–Kier alpha value is -1.59. The van der Waals surface area contributed by atoms with Crippen LogP contribution in [0.1, 0.15) is 39.5 Å². The molecule has 6 heteroatoms. The summed E-state index contributed by atoms with van der Waals surface area (Å²) >= 11 is 0. The molecule has 104 valence electrons. The fourth-order valence-electron chi connectivity index (χ4n) is 1.44. The van der Waals surface area contributed by atoms with Gasteiger partial charge in [0.2, 0.25) is 5.91 Å². The van der Waals surface area contributed by atoms with Crippen molar-refractivity contribution in [1.29, 1.82) is 0 Å². The van der Waals surface area contributed by atoms with Gasteiger partial charge in [0, 0.05) is 12.8 Å². The second kappa shape index (κ2) is 8.49. The van der Waals surface area contributed by atoms with E-state index in [4.69, 9.17) is 5.11 Å². The summed E-state index contributed by atoms with van der Waals surface area (Å²) in [6.07, 6.45) is 1.03. The van der Waals surface area contributed by atoms with Crippen LogP contribution in [-0.4, -0.2) is 36.1 Å². The fourth-order valence-corrected chi connectivity index (χ4v) is 1.44. The van der Waals surface area contributed by atoms with Crippen molar-refractivity contribution in [2.75, 3.05) is 7.11 Å². The van der Waals surface area contributed by atoms with E-state index in [1.807, 2.05) is 13.8 Å². The minimum Gasteiger partial charge on any atom is -0.481 e. The van der Waals surface area contributed by atoms with Crippen LogP contribution in [0.25, 0.3) is 0 Å². The van der Waals surface area contributed by atoms with Gasteiger partial charge in [-0.15, -0.1) is 0 Å². The van der Waals surface area contributed by atoms with Gasteiger partial charge in [-0.25, -0.2) is 4.79 Å². The van der Waals surface area contributed by atoms with Crippen LogP contribution >= 0.6 is 0 Å². The van der Waals surface area contributed by atoms with Crippen molar-refractivity contribution in [3.05, 3.63) is 0 Å². The average Bonchev–Trinajstić information content (AvgIpc) is 2.33. The number of amides is 1. The molecule has 6 nitrogen and oxygen atoms in total. The Morgan fingerprint density at radius 1 is 1.28 bits per heavy atom. The highest BCUT2D eigenvalue weighted by atomic mass is 16.5. The normalized spacial score (nSPS) is 13.5. The van der Waals surface area contributed by atoms with Crippen LogP contribution < -0.4 is 5.32 Å². The van der Waals surface area contributed by atoms with Crippen molar-refractivity contribution >= 4 is 17.8 Å². The van der Waals surface area contributed by atoms with Crippen LogP contribution in [-0.2, 0) is 19.1 Å². The zero-order chi connectivity index (χ0) is 14.1. The molecule has 0 rings (SSSR count). The summed E-state index contributed by atoms with van der Waals surface area (Å²) in [5.41, 5.74) is 0. The molecule has 0 saturated heterocycles. The number of carbonyl (C=O) groups is 3. The topological polar surface area (TPSA) is 92.7 Å². The van der Waals surface area contributed by atoms with Gasteiger partial charge in [0.05, 0.1) is 7.11 Å². The second-order valence-electron chi connectivity index (χ2n) is 4.20. The summed E-state index contributed by atoms with van der Waals surface area (Å²) in [5, 5.41) is 11.0. The van der Waals surface area contributed by atoms with E-state index in [-0.39, 0.29) is 31.1 Å². The molecule has 0 aliphatic rings. The Balaban J connectivity index is 4.27. The molecule has 1 amide bonds. The lowest BCUT2D eigenvalue weighted by molar-refractivity contribution is -0.146. The van der Waals surface area contributed by atoms with Crippen molar-refractivity contribution in [3.8, 4) is 0 Å². The average molecular weight is 259 g/mol. The van der Waals surface area contributed by atoms with E-state index in [0.717, 1.165) is 6.42 Å². The molecule has 2 unspecified atom stereocenters. The van der Waals surface area contributed by atoms with Crippen LogP contribution in [0.5, 0.6) is 0 Å². The van der Waals surface area contributed by atoms with Crippen molar-refractivity contribution in [2.24, 2.45) is 5.92 Å². The van der Waals surface area contributed by atoms with E-state index in [0.29, 0.717) is 0 Å². The van der Waals surface area contributed by atoms with E-state index in [9.17, 15) is 14.4 Å². The molecule has 18 heavy (non-hydrogen) atoms. The maximum absolute atomic E-state index is 11.6. The number of hydrogen-bond acceptors (Lipinski definition) is 4. The van der Waals surface area contributed by atoms with Crippen molar-refractivity contribution < 1.29 is 24.2 Å². The van der Waals surface area contributed by atoms with Gasteiger partial charge in [-0.3, -0.25) is 9.59 Å². The number of rotatable bonds is 8. The molecule has 0 aromatic rings. The predicted octanol–water partition coefficient (Wildman–Crippen LogP) is 0.945. The van der Waals surface area contributed by atoms with Crippen LogP contribution in [0.4, 0.5) is 0 Å². The summed E-state index contributed by atoms with van der Waals surface area (Å²) < 4.78 is 4.63. The number of carboxylic acids is 1. The zero-order valence-electron chi connectivity index (χ0n) is 11.1. The number of carbonyl (C=O) groups excluding carboxylic acids is 2. The van der Waals surface area contributed by atoms with Gasteiger partial charge in [0.25, 0.3) is 0 Å². The molecule has 2 atom stereocenters. The molecule has 0 saturated carbocycles. The van der Waals surface area contributed by atoms with Crippen LogP contribution in [0.2, 0.25) is 0 Å². The number of hydrogen-bond donors (Lipinski definition) is 2. The Labute approximate surface area is 107 Å². The maximum atomic E-state index is 11.6. The van der Waals surface area contributed by atoms with E-state index in [1.54, 1.807) is 0 Å². The number of aliphatic carboxylic acids is 1. The first-order valence-electron chi connectivity index (χ1n) is 6.01. The largest absolute Gasteiger partial charge is 0.481 e. The van der Waals surface area contributed by atoms with E-state index in [1.165, 1.54) is 7.11 Å². The summed E-state index contributed by atoms with van der Waals surface area (Å²) in [6.45, 7) is 3.76. The Morgan fingerprint density at radius 2 is 1.89 bits per heavy atom. The van der Waals surface area contributed by atoms with Gasteiger partial charge in [-0.1, -0.05) is 20.3 Å². The van der Waals surface area contributed by atoms with Gasteiger partial charge >= 0.3 is 11.9 Å². The highest BCUT2D eigenvalue weighted by Gasteiger charge is 2.26. The third-order valence-electron chi connectivity index (χ3n) is 2.78. The van der Waals surface area contributed by atoms with Gasteiger partial charge < -0.3 is 15.2 Å². The molecule has 2 N–H and O–H groups in total. The lowest BCUT2D eigenvalue weighted by Crippen LogP contribution is -2.45. The van der Waals surface area contributed by atoms with Crippen LogP contribution in [0, 0.1) is 5.92 Å². The molecule has 0 spiro atoms. The summed E-state index contributed by atoms with van der Waals surface area (Å²) in [7, 11) is 1.27. The summed E-state index contributed by atoms with van der Waals surface area (Å²) in [5.74, 6) is -1.77. The number of esters is 1. The zero-order valence-corrected chi connectivity index (χ0v) is 11.1. The first-order chi connectivity index (χ1) is 8.42. The molecular weight excluding hydrogens is 238 g/mol. The lowest BCUT2D eigenvalue weighted by atomic mass is 9.99. The van der Waals surface area contributed by atoms with Crippen LogP contribution in [0.15, 0.2) is 0 Å². The maximum Gasteiger partial charge on any atom is 0.328 e. The summed E-state index contributed by atoms with van der Waals surface area (Å²) in [6, 6.07) is -0.669. The molecule has 0 aromatic heterocycles. The monoisotopic (exact) mass is 259 g/mol. The smallest absolute Gasteiger partial charge is 0.328 e. The second-order valence-corrected chi connectivity index (χ2v) is 4.20. The third-order valence-corrected chi connectivity index (χ3v) is 2.78.